The molecule has 0 amide bonds. The number of rotatable bonds is 2. The van der Waals surface area contributed by atoms with Gasteiger partial charge in [0.05, 0.1) is 0 Å². The number of thioether (sulfide) groups is 1. The quantitative estimate of drug-likeness (QED) is 0.776. The van der Waals surface area contributed by atoms with Gasteiger partial charge in [-0.2, -0.15) is 0 Å². The van der Waals surface area contributed by atoms with Crippen molar-refractivity contribution < 1.29 is 4.39 Å². The molecule has 1 saturated heterocycles. The Bertz CT molecular complexity index is 334. The molecule has 82 valence electrons. The summed E-state index contributed by atoms with van der Waals surface area (Å²) in [4.78, 5) is 1.00. The van der Waals surface area contributed by atoms with Crippen LogP contribution in [0.25, 0.3) is 0 Å². The molecule has 3 heteroatoms. The first-order valence-corrected chi connectivity index (χ1v) is 6.58. The minimum absolute atomic E-state index is 0.0458. The Kier molecular flexibility index (Phi) is 3.65. The third-order valence-electron chi connectivity index (χ3n) is 2.94. The summed E-state index contributed by atoms with van der Waals surface area (Å²) in [6, 6.07) is 5.60. The SMILES string of the molecule is CSc1ccc(C2CCCNC2)c(F)c1. The van der Waals surface area contributed by atoms with Crippen molar-refractivity contribution in [2.45, 2.75) is 23.7 Å². The summed E-state index contributed by atoms with van der Waals surface area (Å²) in [5, 5.41) is 3.32. The van der Waals surface area contributed by atoms with Gasteiger partial charge >= 0.3 is 0 Å². The normalized spacial score (nSPS) is 21.6. The van der Waals surface area contributed by atoms with E-state index in [1.807, 2.05) is 18.4 Å². The standard InChI is InChI=1S/C12H16FNS/c1-15-10-4-5-11(12(13)7-10)9-3-2-6-14-8-9/h4-5,7,9,14H,2-3,6,8H2,1H3. The Morgan fingerprint density at radius 1 is 1.47 bits per heavy atom. The average Bonchev–Trinajstić information content (AvgIpc) is 2.30. The van der Waals surface area contributed by atoms with Gasteiger partial charge in [0.2, 0.25) is 0 Å². The molecule has 1 aromatic carbocycles. The van der Waals surface area contributed by atoms with Crippen LogP contribution in [0.15, 0.2) is 23.1 Å². The van der Waals surface area contributed by atoms with Gasteiger partial charge in [0, 0.05) is 11.4 Å². The summed E-state index contributed by atoms with van der Waals surface area (Å²) in [6.07, 6.45) is 4.22. The molecule has 1 unspecified atom stereocenters. The predicted molar refractivity (Wildman–Crippen MR) is 63.0 cm³/mol. The molecule has 2 rings (SSSR count). The molecule has 1 N–H and O–H groups in total. The van der Waals surface area contributed by atoms with Gasteiger partial charge in [0.1, 0.15) is 5.82 Å². The van der Waals surface area contributed by atoms with E-state index in [1.165, 1.54) is 0 Å². The van der Waals surface area contributed by atoms with Crippen LogP contribution < -0.4 is 5.32 Å². The molecule has 1 nitrogen and oxygen atoms in total. The van der Waals surface area contributed by atoms with Gasteiger partial charge in [0.25, 0.3) is 0 Å². The summed E-state index contributed by atoms with van der Waals surface area (Å²) in [5.74, 6) is 0.310. The molecule has 0 spiro atoms. The lowest BCUT2D eigenvalue weighted by Crippen LogP contribution is -2.28. The van der Waals surface area contributed by atoms with Crippen molar-refractivity contribution in [1.29, 1.82) is 0 Å². The van der Waals surface area contributed by atoms with Crippen LogP contribution in [0.3, 0.4) is 0 Å². The molecule has 1 aromatic rings. The smallest absolute Gasteiger partial charge is 0.127 e. The zero-order valence-electron chi connectivity index (χ0n) is 8.92. The maximum Gasteiger partial charge on any atom is 0.127 e. The fourth-order valence-electron chi connectivity index (χ4n) is 2.08. The van der Waals surface area contributed by atoms with Crippen LogP contribution in [0.1, 0.15) is 24.3 Å². The van der Waals surface area contributed by atoms with Gasteiger partial charge < -0.3 is 5.32 Å². The summed E-state index contributed by atoms with van der Waals surface area (Å²) in [6.45, 7) is 1.98. The van der Waals surface area contributed by atoms with Crippen LogP contribution in [0.4, 0.5) is 4.39 Å². The Morgan fingerprint density at radius 2 is 2.33 bits per heavy atom. The molecule has 0 radical (unpaired) electrons. The highest BCUT2D eigenvalue weighted by Gasteiger charge is 2.18. The van der Waals surface area contributed by atoms with Crippen LogP contribution >= 0.6 is 11.8 Å². The van der Waals surface area contributed by atoms with Crippen LogP contribution in [0.5, 0.6) is 0 Å². The summed E-state index contributed by atoms with van der Waals surface area (Å²) in [5.41, 5.74) is 0.875. The number of halogens is 1. The fraction of sp³-hybridized carbons (Fsp3) is 0.500. The first kappa shape index (κ1) is 11.0. The van der Waals surface area contributed by atoms with Gasteiger partial charge in [-0.15, -0.1) is 11.8 Å². The summed E-state index contributed by atoms with van der Waals surface area (Å²) in [7, 11) is 0. The highest BCUT2D eigenvalue weighted by Crippen LogP contribution is 2.28. The minimum atomic E-state index is -0.0458. The van der Waals surface area contributed by atoms with E-state index in [0.717, 1.165) is 36.4 Å². The van der Waals surface area contributed by atoms with Crippen LogP contribution in [0.2, 0.25) is 0 Å². The van der Waals surface area contributed by atoms with Gasteiger partial charge in [-0.1, -0.05) is 6.07 Å². The molecule has 0 saturated carbocycles. The zero-order chi connectivity index (χ0) is 10.7. The second kappa shape index (κ2) is 4.99. The van der Waals surface area contributed by atoms with Crippen LogP contribution in [-0.4, -0.2) is 19.3 Å². The topological polar surface area (TPSA) is 12.0 Å². The first-order chi connectivity index (χ1) is 7.31. The average molecular weight is 225 g/mol. The molecular weight excluding hydrogens is 209 g/mol. The van der Waals surface area contributed by atoms with E-state index >= 15 is 0 Å². The summed E-state index contributed by atoms with van der Waals surface area (Å²) < 4.78 is 13.8. The summed E-state index contributed by atoms with van der Waals surface area (Å²) >= 11 is 1.58. The largest absolute Gasteiger partial charge is 0.316 e. The van der Waals surface area contributed by atoms with E-state index < -0.39 is 0 Å². The van der Waals surface area contributed by atoms with E-state index in [0.29, 0.717) is 5.92 Å². The first-order valence-electron chi connectivity index (χ1n) is 5.35. The minimum Gasteiger partial charge on any atom is -0.316 e. The van der Waals surface area contributed by atoms with Crippen molar-refractivity contribution in [3.8, 4) is 0 Å². The Hall–Kier alpha value is -0.540. The lowest BCUT2D eigenvalue weighted by Gasteiger charge is -2.23. The number of hydrogen-bond acceptors (Lipinski definition) is 2. The third-order valence-corrected chi connectivity index (χ3v) is 3.67. The molecule has 15 heavy (non-hydrogen) atoms. The maximum absolute atomic E-state index is 13.8. The van der Waals surface area contributed by atoms with Crippen molar-refractivity contribution in [2.75, 3.05) is 19.3 Å². The molecule has 1 atom stereocenters. The molecule has 0 aliphatic carbocycles. The van der Waals surface area contributed by atoms with E-state index in [2.05, 4.69) is 5.32 Å². The molecular formula is C12H16FNS. The number of benzene rings is 1. The van der Waals surface area contributed by atoms with Crippen molar-refractivity contribution in [2.24, 2.45) is 0 Å². The van der Waals surface area contributed by atoms with E-state index in [-0.39, 0.29) is 5.82 Å². The zero-order valence-corrected chi connectivity index (χ0v) is 9.74. The van der Waals surface area contributed by atoms with Gasteiger partial charge in [0.15, 0.2) is 0 Å². The predicted octanol–water partition coefficient (Wildman–Crippen LogP) is 3.01. The van der Waals surface area contributed by atoms with Crippen molar-refractivity contribution in [3.63, 3.8) is 0 Å². The molecule has 1 heterocycles. The number of nitrogens with one attached hydrogen (secondary N) is 1. The van der Waals surface area contributed by atoms with Gasteiger partial charge in [-0.25, -0.2) is 4.39 Å². The van der Waals surface area contributed by atoms with Crippen molar-refractivity contribution in [3.05, 3.63) is 29.6 Å². The molecule has 0 bridgehead atoms. The molecule has 1 aliphatic heterocycles. The van der Waals surface area contributed by atoms with E-state index in [1.54, 1.807) is 17.8 Å². The monoisotopic (exact) mass is 225 g/mol. The van der Waals surface area contributed by atoms with Gasteiger partial charge in [-0.05, 0) is 49.3 Å². The molecule has 1 fully saturated rings. The molecule has 0 aromatic heterocycles. The second-order valence-electron chi connectivity index (χ2n) is 3.93. The third kappa shape index (κ3) is 2.52. The highest BCUT2D eigenvalue weighted by molar-refractivity contribution is 7.98. The van der Waals surface area contributed by atoms with Crippen LogP contribution in [-0.2, 0) is 0 Å². The van der Waals surface area contributed by atoms with Crippen molar-refractivity contribution >= 4 is 11.8 Å². The fourth-order valence-corrected chi connectivity index (χ4v) is 2.51. The number of hydrogen-bond donors (Lipinski definition) is 1. The van der Waals surface area contributed by atoms with Gasteiger partial charge in [-0.3, -0.25) is 0 Å². The Labute approximate surface area is 94.5 Å². The maximum atomic E-state index is 13.8. The second-order valence-corrected chi connectivity index (χ2v) is 4.81. The van der Waals surface area contributed by atoms with Crippen LogP contribution in [0, 0.1) is 5.82 Å². The lowest BCUT2D eigenvalue weighted by molar-refractivity contribution is 0.446. The van der Waals surface area contributed by atoms with E-state index in [9.17, 15) is 4.39 Å². The lowest BCUT2D eigenvalue weighted by atomic mass is 9.91. The Morgan fingerprint density at radius 3 is 2.93 bits per heavy atom. The molecule has 1 aliphatic rings. The number of piperidine rings is 1. The highest BCUT2D eigenvalue weighted by atomic mass is 32.2. The Balaban J connectivity index is 2.19. The van der Waals surface area contributed by atoms with E-state index in [4.69, 9.17) is 0 Å². The van der Waals surface area contributed by atoms with Crippen molar-refractivity contribution in [1.82, 2.24) is 5.32 Å².